The number of benzene rings is 2. The van der Waals surface area contributed by atoms with E-state index in [4.69, 9.17) is 0 Å². The molecule has 0 aromatic heterocycles. The van der Waals surface area contributed by atoms with Crippen LogP contribution in [0.2, 0.25) is 0 Å². The normalized spacial score (nSPS) is 23.2. The third kappa shape index (κ3) is 5.09. The number of halogens is 3. The average molecular weight is 495 g/mol. The highest BCUT2D eigenvalue weighted by Gasteiger charge is 2.46. The lowest BCUT2D eigenvalue weighted by atomic mass is 9.98. The lowest BCUT2D eigenvalue weighted by Gasteiger charge is -2.34. The molecule has 1 aliphatic heterocycles. The highest BCUT2D eigenvalue weighted by atomic mass is 32.2. The van der Waals surface area contributed by atoms with Crippen LogP contribution in [-0.4, -0.2) is 50.0 Å². The summed E-state index contributed by atoms with van der Waals surface area (Å²) in [6, 6.07) is 12.3. The maximum Gasteiger partial charge on any atom is 0.413 e. The Labute approximate surface area is 198 Å². The van der Waals surface area contributed by atoms with Crippen LogP contribution in [0.25, 0.3) is 0 Å². The van der Waals surface area contributed by atoms with Crippen LogP contribution < -0.4 is 5.32 Å². The zero-order valence-electron chi connectivity index (χ0n) is 19.2. The van der Waals surface area contributed by atoms with Crippen molar-refractivity contribution in [3.05, 3.63) is 65.2 Å². The molecule has 1 saturated heterocycles. The smallest absolute Gasteiger partial charge is 0.381 e. The Balaban J connectivity index is 1.48. The van der Waals surface area contributed by atoms with Gasteiger partial charge >= 0.3 is 6.18 Å². The largest absolute Gasteiger partial charge is 0.413 e. The second-order valence-corrected chi connectivity index (χ2v) is 11.7. The fourth-order valence-corrected chi connectivity index (χ4v) is 6.62. The number of rotatable bonds is 5. The van der Waals surface area contributed by atoms with E-state index >= 15 is 0 Å². The maximum absolute atomic E-state index is 14.0. The van der Waals surface area contributed by atoms with Crippen LogP contribution in [0.1, 0.15) is 48.4 Å². The fourth-order valence-electron chi connectivity index (χ4n) is 5.13. The highest BCUT2D eigenvalue weighted by molar-refractivity contribution is 7.91. The van der Waals surface area contributed by atoms with Crippen molar-refractivity contribution in [1.29, 1.82) is 0 Å². The fraction of sp³-hybridized carbons (Fsp3) is 0.480. The van der Waals surface area contributed by atoms with Crippen molar-refractivity contribution >= 4 is 21.4 Å². The number of alkyl halides is 3. The molecule has 2 aromatic rings. The minimum absolute atomic E-state index is 0.0277. The SMILES string of the molecule is C[C@H]1c2ccccc2C[C@H]1Nc1ccc([C@H](N(C)C(=O)C2CCS(=O)(=O)CC2)C(F)(F)F)cc1. The molecule has 1 aliphatic carbocycles. The summed E-state index contributed by atoms with van der Waals surface area (Å²) in [5, 5.41) is 3.44. The van der Waals surface area contributed by atoms with E-state index in [1.165, 1.54) is 23.3 Å². The summed E-state index contributed by atoms with van der Waals surface area (Å²) in [4.78, 5) is 13.6. The van der Waals surface area contributed by atoms with Crippen LogP contribution >= 0.6 is 0 Å². The Bertz CT molecular complexity index is 1130. The lowest BCUT2D eigenvalue weighted by Crippen LogP contribution is -2.44. The molecule has 2 aromatic carbocycles. The van der Waals surface area contributed by atoms with Crippen molar-refractivity contribution in [1.82, 2.24) is 4.90 Å². The summed E-state index contributed by atoms with van der Waals surface area (Å²) < 4.78 is 65.4. The van der Waals surface area contributed by atoms with E-state index in [9.17, 15) is 26.4 Å². The van der Waals surface area contributed by atoms with Gasteiger partial charge in [0.2, 0.25) is 5.91 Å². The van der Waals surface area contributed by atoms with Gasteiger partial charge in [0.15, 0.2) is 6.04 Å². The predicted molar refractivity (Wildman–Crippen MR) is 125 cm³/mol. The number of hydrogen-bond donors (Lipinski definition) is 1. The van der Waals surface area contributed by atoms with Crippen molar-refractivity contribution in [3.63, 3.8) is 0 Å². The number of anilines is 1. The zero-order valence-corrected chi connectivity index (χ0v) is 20.0. The summed E-state index contributed by atoms with van der Waals surface area (Å²) in [5.41, 5.74) is 3.25. The van der Waals surface area contributed by atoms with Gasteiger partial charge < -0.3 is 10.2 Å². The van der Waals surface area contributed by atoms with Crippen LogP contribution in [0.15, 0.2) is 48.5 Å². The molecule has 184 valence electrons. The van der Waals surface area contributed by atoms with Crippen LogP contribution in [0.3, 0.4) is 0 Å². The molecule has 2 aliphatic rings. The van der Waals surface area contributed by atoms with Crippen LogP contribution in [-0.2, 0) is 21.1 Å². The number of carbonyl (C=O) groups is 1. The van der Waals surface area contributed by atoms with Crippen molar-refractivity contribution in [2.75, 3.05) is 23.9 Å². The van der Waals surface area contributed by atoms with Crippen molar-refractivity contribution in [3.8, 4) is 0 Å². The van der Waals surface area contributed by atoms with E-state index in [1.54, 1.807) is 12.1 Å². The standard InChI is InChI=1S/C25H29F3N2O3S/c1-16-21-6-4-3-5-19(21)15-22(16)29-20-9-7-17(8-10-20)23(25(26,27)28)30(2)24(31)18-11-13-34(32,33)14-12-18/h3-10,16,18,22-23,29H,11-15H2,1-2H3/t16-,22+,23-/m0/s1. The number of sulfone groups is 1. The first kappa shape index (κ1) is 24.6. The third-order valence-electron chi connectivity index (χ3n) is 7.12. The Morgan fingerprint density at radius 2 is 1.68 bits per heavy atom. The zero-order chi connectivity index (χ0) is 24.7. The van der Waals surface area contributed by atoms with Crippen molar-refractivity contribution in [2.45, 2.75) is 50.4 Å². The van der Waals surface area contributed by atoms with E-state index in [0.717, 1.165) is 24.1 Å². The lowest BCUT2D eigenvalue weighted by molar-refractivity contribution is -0.190. The summed E-state index contributed by atoms with van der Waals surface area (Å²) in [5.74, 6) is -1.45. The molecule has 1 heterocycles. The molecule has 0 saturated carbocycles. The van der Waals surface area contributed by atoms with Crippen LogP contribution in [0, 0.1) is 5.92 Å². The van der Waals surface area contributed by atoms with Gasteiger partial charge in [-0.05, 0) is 48.1 Å². The maximum atomic E-state index is 14.0. The summed E-state index contributed by atoms with van der Waals surface area (Å²) in [7, 11) is -2.07. The quantitative estimate of drug-likeness (QED) is 0.654. The van der Waals surface area contributed by atoms with Gasteiger partial charge in [0.1, 0.15) is 9.84 Å². The summed E-state index contributed by atoms with van der Waals surface area (Å²) in [6.45, 7) is 2.13. The second kappa shape index (κ2) is 9.24. The number of nitrogens with zero attached hydrogens (tertiary/aromatic N) is 1. The summed E-state index contributed by atoms with van der Waals surface area (Å²) >= 11 is 0. The van der Waals surface area contributed by atoms with E-state index in [0.29, 0.717) is 0 Å². The van der Waals surface area contributed by atoms with E-state index < -0.39 is 33.9 Å². The molecule has 5 nitrogen and oxygen atoms in total. The molecular weight excluding hydrogens is 465 g/mol. The van der Waals surface area contributed by atoms with Gasteiger partial charge in [0, 0.05) is 30.6 Å². The molecule has 0 bridgehead atoms. The number of nitrogens with one attached hydrogen (secondary N) is 1. The molecule has 1 fully saturated rings. The highest BCUT2D eigenvalue weighted by Crippen LogP contribution is 2.39. The topological polar surface area (TPSA) is 66.5 Å². The van der Waals surface area contributed by atoms with Gasteiger partial charge in [-0.3, -0.25) is 4.79 Å². The number of hydrogen-bond acceptors (Lipinski definition) is 4. The van der Waals surface area contributed by atoms with Crippen LogP contribution in [0.5, 0.6) is 0 Å². The molecule has 4 rings (SSSR count). The monoisotopic (exact) mass is 494 g/mol. The Morgan fingerprint density at radius 1 is 1.06 bits per heavy atom. The molecule has 1 amide bonds. The Hall–Kier alpha value is -2.55. The molecule has 0 spiro atoms. The molecule has 1 N–H and O–H groups in total. The molecule has 0 unspecified atom stereocenters. The van der Waals surface area contributed by atoms with Crippen molar-refractivity contribution in [2.24, 2.45) is 5.92 Å². The third-order valence-corrected chi connectivity index (χ3v) is 8.83. The molecule has 0 radical (unpaired) electrons. The average Bonchev–Trinajstić information content (AvgIpc) is 3.09. The first-order valence-electron chi connectivity index (χ1n) is 11.4. The van der Waals surface area contributed by atoms with E-state index in [-0.39, 0.29) is 41.9 Å². The molecule has 3 atom stereocenters. The van der Waals surface area contributed by atoms with Gasteiger partial charge in [-0.25, -0.2) is 8.42 Å². The Morgan fingerprint density at radius 3 is 2.26 bits per heavy atom. The predicted octanol–water partition coefficient (Wildman–Crippen LogP) is 4.71. The Kier molecular flexibility index (Phi) is 6.68. The van der Waals surface area contributed by atoms with E-state index in [1.807, 2.05) is 12.1 Å². The number of carbonyl (C=O) groups excluding carboxylic acids is 1. The molecule has 34 heavy (non-hydrogen) atoms. The summed E-state index contributed by atoms with van der Waals surface area (Å²) in [6.07, 6.45) is -3.71. The van der Waals surface area contributed by atoms with Crippen LogP contribution in [0.4, 0.5) is 18.9 Å². The van der Waals surface area contributed by atoms with Gasteiger partial charge in [0.05, 0.1) is 11.5 Å². The number of amides is 1. The van der Waals surface area contributed by atoms with E-state index in [2.05, 4.69) is 24.4 Å². The minimum atomic E-state index is -4.66. The van der Waals surface area contributed by atoms with Gasteiger partial charge in [-0.2, -0.15) is 13.2 Å². The second-order valence-electron chi connectivity index (χ2n) is 9.38. The first-order chi connectivity index (χ1) is 16.0. The first-order valence-corrected chi connectivity index (χ1v) is 13.3. The minimum Gasteiger partial charge on any atom is -0.381 e. The van der Waals surface area contributed by atoms with Gasteiger partial charge in [-0.1, -0.05) is 43.3 Å². The van der Waals surface area contributed by atoms with Gasteiger partial charge in [-0.15, -0.1) is 0 Å². The van der Waals surface area contributed by atoms with Crippen molar-refractivity contribution < 1.29 is 26.4 Å². The number of fused-ring (bicyclic) bond motifs is 1. The van der Waals surface area contributed by atoms with Gasteiger partial charge in [0.25, 0.3) is 0 Å². The molecule has 9 heteroatoms. The molecular formula is C25H29F3N2O3S.